The summed E-state index contributed by atoms with van der Waals surface area (Å²) in [6.07, 6.45) is 1.38. The molecule has 0 saturated carbocycles. The molecule has 0 aliphatic heterocycles. The molecule has 0 aliphatic rings. The van der Waals surface area contributed by atoms with Crippen LogP contribution < -0.4 is 21.7 Å². The van der Waals surface area contributed by atoms with Crippen LogP contribution in [0, 0.1) is 5.92 Å². The van der Waals surface area contributed by atoms with Crippen molar-refractivity contribution in [1.29, 1.82) is 0 Å². The lowest BCUT2D eigenvalue weighted by Gasteiger charge is -2.14. The summed E-state index contributed by atoms with van der Waals surface area (Å²) in [6, 6.07) is -1.10. The summed E-state index contributed by atoms with van der Waals surface area (Å²) in [5.74, 6) is -2.00. The van der Waals surface area contributed by atoms with Gasteiger partial charge in [-0.3, -0.25) is 0 Å². The first-order valence-corrected chi connectivity index (χ1v) is 5.35. The summed E-state index contributed by atoms with van der Waals surface area (Å²) >= 11 is 0. The van der Waals surface area contributed by atoms with Crippen LogP contribution in [-0.2, 0) is 9.59 Å². The van der Waals surface area contributed by atoms with Crippen molar-refractivity contribution in [2.75, 3.05) is 0 Å². The van der Waals surface area contributed by atoms with Crippen LogP contribution >= 0.6 is 0 Å². The molecule has 0 rings (SSSR count). The summed E-state index contributed by atoms with van der Waals surface area (Å²) in [6.45, 7) is 5.55. The van der Waals surface area contributed by atoms with Gasteiger partial charge >= 0.3 is 0 Å². The van der Waals surface area contributed by atoms with Crippen molar-refractivity contribution < 1.29 is 31.3 Å². The molecule has 0 amide bonds. The molecule has 96 valence electrons. The summed E-state index contributed by atoms with van der Waals surface area (Å²) in [4.78, 5) is 19.9. The largest absolute Gasteiger partial charge is 0.544 e. The van der Waals surface area contributed by atoms with Crippen LogP contribution in [0.15, 0.2) is 0 Å². The summed E-state index contributed by atoms with van der Waals surface area (Å²) in [5, 5.41) is 19.9. The van der Waals surface area contributed by atoms with E-state index in [2.05, 4.69) is 11.5 Å². The lowest BCUT2D eigenvalue weighted by Crippen LogP contribution is -2.70. The van der Waals surface area contributed by atoms with Crippen LogP contribution in [-0.4, -0.2) is 24.0 Å². The average molecular weight is 234 g/mol. The van der Waals surface area contributed by atoms with Gasteiger partial charge in [-0.2, -0.15) is 0 Å². The quantitative estimate of drug-likeness (QED) is 0.503. The normalized spacial score (nSPS) is 15.3. The molecular weight excluding hydrogens is 212 g/mol. The van der Waals surface area contributed by atoms with E-state index in [1.165, 1.54) is 0 Å². The third-order valence-electron chi connectivity index (χ3n) is 2.46. The van der Waals surface area contributed by atoms with E-state index in [1.807, 2.05) is 13.8 Å². The minimum absolute atomic E-state index is 0.120. The molecule has 6 heteroatoms. The molecule has 0 saturated heterocycles. The fraction of sp³-hybridized carbons (Fsp3) is 0.800. The zero-order chi connectivity index (χ0) is 13.3. The third-order valence-corrected chi connectivity index (χ3v) is 2.46. The fourth-order valence-electron chi connectivity index (χ4n) is 0.683. The highest BCUT2D eigenvalue weighted by Gasteiger charge is 2.14. The Kier molecular flexibility index (Phi) is 9.83. The maximum absolute atomic E-state index is 10.1. The number of carboxylic acid groups (broad SMARTS) is 2. The lowest BCUT2D eigenvalue weighted by molar-refractivity contribution is -0.447. The Balaban J connectivity index is 0. The Morgan fingerprint density at radius 2 is 1.50 bits per heavy atom. The van der Waals surface area contributed by atoms with Gasteiger partial charge in [-0.05, 0) is 6.42 Å². The van der Waals surface area contributed by atoms with Crippen molar-refractivity contribution in [3.8, 4) is 0 Å². The number of carboxylic acids is 2. The summed E-state index contributed by atoms with van der Waals surface area (Å²) < 4.78 is 0. The minimum atomic E-state index is -1.07. The number of quaternary nitrogens is 2. The van der Waals surface area contributed by atoms with Crippen molar-refractivity contribution in [1.82, 2.24) is 0 Å². The molecule has 6 N–H and O–H groups in total. The molecule has 0 radical (unpaired) electrons. The number of hydrogen-bond donors (Lipinski definition) is 2. The van der Waals surface area contributed by atoms with Gasteiger partial charge in [0.1, 0.15) is 12.1 Å². The van der Waals surface area contributed by atoms with E-state index in [0.29, 0.717) is 6.42 Å². The first kappa shape index (κ1) is 17.3. The topological polar surface area (TPSA) is 136 Å². The van der Waals surface area contributed by atoms with Gasteiger partial charge in [0, 0.05) is 12.3 Å². The second-order valence-electron chi connectivity index (χ2n) is 3.74. The second kappa shape index (κ2) is 9.11. The number of carbonyl (C=O) groups is 2. The van der Waals surface area contributed by atoms with Gasteiger partial charge in [0.15, 0.2) is 0 Å². The maximum Gasteiger partial charge on any atom is 0.127 e. The fourth-order valence-corrected chi connectivity index (χ4v) is 0.683. The van der Waals surface area contributed by atoms with Crippen molar-refractivity contribution in [2.24, 2.45) is 5.92 Å². The number of carbonyl (C=O) groups excluding carboxylic acids is 2. The average Bonchev–Trinajstić information content (AvgIpc) is 2.26. The Morgan fingerprint density at radius 3 is 1.56 bits per heavy atom. The first-order chi connectivity index (χ1) is 7.27. The van der Waals surface area contributed by atoms with E-state index in [0.717, 1.165) is 6.42 Å². The van der Waals surface area contributed by atoms with Crippen LogP contribution in [0.25, 0.3) is 0 Å². The molecule has 0 fully saturated rings. The van der Waals surface area contributed by atoms with E-state index < -0.39 is 24.0 Å². The molecule has 0 aliphatic carbocycles. The van der Waals surface area contributed by atoms with Gasteiger partial charge in [-0.15, -0.1) is 0 Å². The third kappa shape index (κ3) is 8.19. The molecule has 3 atom stereocenters. The van der Waals surface area contributed by atoms with Gasteiger partial charge in [-0.25, -0.2) is 0 Å². The SMILES string of the molecule is CC[C@@H]([NH3+])C(=O)[O-].CC[C@H](C)[C@H]([NH3+])C(=O)[O-]. The predicted octanol–water partition coefficient (Wildman–Crippen LogP) is -3.85. The molecule has 0 bridgehead atoms. The molecule has 0 aromatic carbocycles. The molecule has 0 unspecified atom stereocenters. The number of rotatable bonds is 5. The van der Waals surface area contributed by atoms with E-state index in [9.17, 15) is 19.8 Å². The van der Waals surface area contributed by atoms with Gasteiger partial charge in [0.05, 0.1) is 11.9 Å². The maximum atomic E-state index is 10.1. The van der Waals surface area contributed by atoms with Crippen molar-refractivity contribution in [3.05, 3.63) is 0 Å². The van der Waals surface area contributed by atoms with Gasteiger partial charge in [0.25, 0.3) is 0 Å². The Hall–Kier alpha value is -1.14. The van der Waals surface area contributed by atoms with Crippen molar-refractivity contribution in [2.45, 2.75) is 45.7 Å². The molecule has 0 aromatic rings. The van der Waals surface area contributed by atoms with Gasteiger partial charge in [0.2, 0.25) is 0 Å². The Bertz CT molecular complexity index is 221. The van der Waals surface area contributed by atoms with Gasteiger partial charge in [-0.1, -0.05) is 20.8 Å². The highest BCUT2D eigenvalue weighted by molar-refractivity contribution is 5.69. The van der Waals surface area contributed by atoms with Crippen molar-refractivity contribution in [3.63, 3.8) is 0 Å². The molecule has 0 aromatic heterocycles. The zero-order valence-corrected chi connectivity index (χ0v) is 10.2. The Morgan fingerprint density at radius 1 is 1.06 bits per heavy atom. The lowest BCUT2D eigenvalue weighted by atomic mass is 10.0. The molecule has 6 nitrogen and oxygen atoms in total. The van der Waals surface area contributed by atoms with Crippen molar-refractivity contribution >= 4 is 11.9 Å². The van der Waals surface area contributed by atoms with Crippen LogP contribution in [0.4, 0.5) is 0 Å². The zero-order valence-electron chi connectivity index (χ0n) is 10.2. The standard InChI is InChI=1S/C6H13NO2.C4H9NO2/c1-3-4(2)5(7)6(8)9;1-2-3(5)4(6)7/h4-5H,3,7H2,1-2H3,(H,8,9);3H,2,5H2,1H3,(H,6,7)/t4-,5-;3-/m01/s1. The van der Waals surface area contributed by atoms with Crippen LogP contribution in [0.1, 0.15) is 33.6 Å². The van der Waals surface area contributed by atoms with Crippen LogP contribution in [0.3, 0.4) is 0 Å². The minimum Gasteiger partial charge on any atom is -0.544 e. The molecule has 0 heterocycles. The summed E-state index contributed by atoms with van der Waals surface area (Å²) in [7, 11) is 0. The smallest absolute Gasteiger partial charge is 0.127 e. The predicted molar refractivity (Wildman–Crippen MR) is 53.1 cm³/mol. The van der Waals surface area contributed by atoms with Crippen LogP contribution in [0.2, 0.25) is 0 Å². The molecule has 0 spiro atoms. The molecular formula is C10H22N2O4. The second-order valence-corrected chi connectivity index (χ2v) is 3.74. The van der Waals surface area contributed by atoms with E-state index >= 15 is 0 Å². The first-order valence-electron chi connectivity index (χ1n) is 5.35. The highest BCUT2D eigenvalue weighted by atomic mass is 16.4. The summed E-state index contributed by atoms with van der Waals surface area (Å²) in [5.41, 5.74) is 6.74. The van der Waals surface area contributed by atoms with E-state index in [-0.39, 0.29) is 5.92 Å². The number of aliphatic carboxylic acids is 2. The molecule has 16 heavy (non-hydrogen) atoms. The van der Waals surface area contributed by atoms with E-state index in [1.54, 1.807) is 6.92 Å². The Labute approximate surface area is 95.6 Å². The van der Waals surface area contributed by atoms with Crippen LogP contribution in [0.5, 0.6) is 0 Å². The van der Waals surface area contributed by atoms with E-state index in [4.69, 9.17) is 0 Å². The van der Waals surface area contributed by atoms with Gasteiger partial charge < -0.3 is 31.3 Å². The monoisotopic (exact) mass is 234 g/mol. The highest BCUT2D eigenvalue weighted by Crippen LogP contribution is 2.01. The number of hydrogen-bond acceptors (Lipinski definition) is 4.